The third-order valence-corrected chi connectivity index (χ3v) is 7.59. The fourth-order valence-corrected chi connectivity index (χ4v) is 5.25. The fourth-order valence-electron chi connectivity index (χ4n) is 4.21. The number of nitrogens with one attached hydrogen (secondary N) is 1. The Bertz CT molecular complexity index is 1440. The maximum Gasteiger partial charge on any atom is 0.337 e. The number of rotatable bonds is 8. The van der Waals surface area contributed by atoms with Crippen molar-refractivity contribution in [2.45, 2.75) is 38.5 Å². The van der Waals surface area contributed by atoms with Crippen LogP contribution >= 0.6 is 11.3 Å². The third-order valence-electron chi connectivity index (χ3n) is 6.43. The van der Waals surface area contributed by atoms with E-state index in [0.717, 1.165) is 22.4 Å². The molecule has 4 heterocycles. The van der Waals surface area contributed by atoms with Gasteiger partial charge in [-0.25, -0.2) is 9.18 Å². The molecular formula is C29H28FN3O4S. The van der Waals surface area contributed by atoms with Crippen LogP contribution in [0, 0.1) is 11.7 Å². The highest BCUT2D eigenvalue weighted by atomic mass is 32.1. The summed E-state index contributed by atoms with van der Waals surface area (Å²) in [5.74, 6) is -0.394. The number of carboxylic acid groups (broad SMARTS) is 1. The molecule has 38 heavy (non-hydrogen) atoms. The van der Waals surface area contributed by atoms with Crippen LogP contribution in [-0.4, -0.2) is 39.9 Å². The first-order valence-electron chi connectivity index (χ1n) is 12.7. The quantitative estimate of drug-likeness (QED) is 0.275. The van der Waals surface area contributed by atoms with Crippen molar-refractivity contribution in [1.29, 1.82) is 0 Å². The van der Waals surface area contributed by atoms with E-state index in [1.807, 2.05) is 6.07 Å². The number of pyridine rings is 2. The van der Waals surface area contributed by atoms with Crippen LogP contribution in [0.5, 0.6) is 11.5 Å². The lowest BCUT2D eigenvalue weighted by atomic mass is 10.0. The standard InChI is InChI=1S/C25H19FN2O4S.C4H9N/c26-18-11-15(10-17(29)9-14-1-2-14)3-6-21(18)32-22-7-8-27-20-12-23(33-24(20)22)19-5-4-16(13-28-19)25(30)31;1-2-4-5-3-1/h3-8,11-14H,1-2,9-10H2,(H,30,31);5H,1-4H2. The smallest absolute Gasteiger partial charge is 0.337 e. The van der Waals surface area contributed by atoms with E-state index in [1.165, 1.54) is 55.6 Å². The van der Waals surface area contributed by atoms with Crippen LogP contribution in [0.2, 0.25) is 0 Å². The topological polar surface area (TPSA) is 101 Å². The van der Waals surface area contributed by atoms with Gasteiger partial charge in [-0.05, 0) is 80.6 Å². The van der Waals surface area contributed by atoms with Crippen LogP contribution in [0.25, 0.3) is 20.8 Å². The van der Waals surface area contributed by atoms with Gasteiger partial charge in [0.25, 0.3) is 0 Å². The number of halogens is 1. The Morgan fingerprint density at radius 1 is 1.05 bits per heavy atom. The molecule has 0 atom stereocenters. The van der Waals surface area contributed by atoms with Crippen molar-refractivity contribution in [3.05, 3.63) is 71.8 Å². The Morgan fingerprint density at radius 2 is 1.87 bits per heavy atom. The zero-order chi connectivity index (χ0) is 26.5. The molecular weight excluding hydrogens is 505 g/mol. The minimum absolute atomic E-state index is 0.0692. The number of nitrogens with zero attached hydrogens (tertiary/aromatic N) is 2. The molecule has 1 aliphatic heterocycles. The number of fused-ring (bicyclic) bond motifs is 1. The average Bonchev–Trinajstić information content (AvgIpc) is 3.34. The summed E-state index contributed by atoms with van der Waals surface area (Å²) in [6, 6.07) is 11.2. The molecule has 2 N–H and O–H groups in total. The molecule has 2 aliphatic rings. The number of carbonyl (C=O) groups is 2. The number of thiophene rings is 1. The second-order valence-corrected chi connectivity index (χ2v) is 10.6. The predicted octanol–water partition coefficient (Wildman–Crippen LogP) is 6.27. The molecule has 7 nitrogen and oxygen atoms in total. The zero-order valence-electron chi connectivity index (χ0n) is 20.8. The van der Waals surface area contributed by atoms with Gasteiger partial charge in [-0.2, -0.15) is 0 Å². The molecule has 4 aromatic rings. The normalized spacial score (nSPS) is 14.7. The lowest BCUT2D eigenvalue weighted by Gasteiger charge is -2.09. The first kappa shape index (κ1) is 25.9. The van der Waals surface area contributed by atoms with Gasteiger partial charge in [0.1, 0.15) is 11.5 Å². The Balaban J connectivity index is 0.000000529. The molecule has 0 amide bonds. The van der Waals surface area contributed by atoms with Gasteiger partial charge in [0.05, 0.1) is 26.4 Å². The van der Waals surface area contributed by atoms with Gasteiger partial charge in [0, 0.05) is 31.3 Å². The molecule has 0 radical (unpaired) electrons. The van der Waals surface area contributed by atoms with E-state index in [2.05, 4.69) is 15.3 Å². The number of carboxylic acids is 1. The van der Waals surface area contributed by atoms with Crippen LogP contribution < -0.4 is 10.1 Å². The molecule has 0 spiro atoms. The first-order chi connectivity index (χ1) is 18.5. The third kappa shape index (κ3) is 6.59. The number of ketones is 1. The lowest BCUT2D eigenvalue weighted by Crippen LogP contribution is -2.04. The number of Topliss-reactive ketones (excluding diaryl/α,β-unsaturated/α-hetero) is 1. The summed E-state index contributed by atoms with van der Waals surface area (Å²) >= 11 is 1.37. The molecule has 196 valence electrons. The first-order valence-corrected chi connectivity index (χ1v) is 13.5. The molecule has 9 heteroatoms. The van der Waals surface area contributed by atoms with Gasteiger partial charge >= 0.3 is 5.97 Å². The number of carbonyl (C=O) groups excluding carboxylic acids is 1. The summed E-state index contributed by atoms with van der Waals surface area (Å²) < 4.78 is 21.3. The second kappa shape index (κ2) is 11.8. The van der Waals surface area contributed by atoms with E-state index >= 15 is 0 Å². The summed E-state index contributed by atoms with van der Waals surface area (Å²) in [5.41, 5.74) is 2.02. The second-order valence-electron chi connectivity index (χ2n) is 9.56. The molecule has 6 rings (SSSR count). The fraction of sp³-hybridized carbons (Fsp3) is 0.310. The maximum atomic E-state index is 14.7. The monoisotopic (exact) mass is 533 g/mol. The van der Waals surface area contributed by atoms with Crippen molar-refractivity contribution < 1.29 is 23.8 Å². The summed E-state index contributed by atoms with van der Waals surface area (Å²) in [7, 11) is 0. The molecule has 0 bridgehead atoms. The summed E-state index contributed by atoms with van der Waals surface area (Å²) in [6.45, 7) is 2.50. The van der Waals surface area contributed by atoms with Gasteiger partial charge in [0.15, 0.2) is 11.6 Å². The average molecular weight is 534 g/mol. The summed E-state index contributed by atoms with van der Waals surface area (Å²) in [4.78, 5) is 32.5. The number of hydrogen-bond donors (Lipinski definition) is 2. The van der Waals surface area contributed by atoms with Crippen LogP contribution in [0.15, 0.2) is 54.9 Å². The van der Waals surface area contributed by atoms with Crippen LogP contribution in [0.1, 0.15) is 48.0 Å². The Morgan fingerprint density at radius 3 is 2.50 bits per heavy atom. The van der Waals surface area contributed by atoms with Gasteiger partial charge in [-0.1, -0.05) is 6.07 Å². The van der Waals surface area contributed by atoms with Crippen molar-refractivity contribution in [3.8, 4) is 22.1 Å². The number of aromatic nitrogens is 2. The molecule has 1 aromatic carbocycles. The Kier molecular flexibility index (Phi) is 8.05. The van der Waals surface area contributed by atoms with E-state index in [1.54, 1.807) is 30.5 Å². The number of benzene rings is 1. The Hall–Kier alpha value is -3.69. The zero-order valence-corrected chi connectivity index (χ0v) is 21.6. The predicted molar refractivity (Wildman–Crippen MR) is 144 cm³/mol. The molecule has 1 saturated heterocycles. The van der Waals surface area contributed by atoms with E-state index < -0.39 is 11.8 Å². The summed E-state index contributed by atoms with van der Waals surface area (Å²) in [5, 5.41) is 12.3. The number of aromatic carboxylic acids is 1. The van der Waals surface area contributed by atoms with E-state index in [4.69, 9.17) is 9.84 Å². The van der Waals surface area contributed by atoms with Crippen molar-refractivity contribution in [1.82, 2.24) is 15.3 Å². The SMILES string of the molecule is C1CCNC1.O=C(Cc1ccc(Oc2ccnc3cc(-c4ccc(C(=O)O)cn4)sc23)c(F)c1)CC1CC1. The highest BCUT2D eigenvalue weighted by Gasteiger charge is 2.24. The molecule has 3 aromatic heterocycles. The molecule has 0 unspecified atom stereocenters. The molecule has 2 fully saturated rings. The minimum Gasteiger partial charge on any atom is -0.478 e. The summed E-state index contributed by atoms with van der Waals surface area (Å²) in [6.07, 6.45) is 8.69. The van der Waals surface area contributed by atoms with Crippen LogP contribution in [0.4, 0.5) is 4.39 Å². The van der Waals surface area contributed by atoms with Crippen LogP contribution in [0.3, 0.4) is 0 Å². The van der Waals surface area contributed by atoms with Gasteiger partial charge in [-0.15, -0.1) is 11.3 Å². The van der Waals surface area contributed by atoms with E-state index in [0.29, 0.717) is 34.9 Å². The number of ether oxygens (including phenoxy) is 1. The highest BCUT2D eigenvalue weighted by Crippen LogP contribution is 2.39. The lowest BCUT2D eigenvalue weighted by molar-refractivity contribution is -0.118. The van der Waals surface area contributed by atoms with Crippen molar-refractivity contribution >= 4 is 33.3 Å². The van der Waals surface area contributed by atoms with Crippen LogP contribution in [-0.2, 0) is 11.2 Å². The van der Waals surface area contributed by atoms with Crippen molar-refractivity contribution in [2.75, 3.05) is 13.1 Å². The maximum absolute atomic E-state index is 14.7. The number of hydrogen-bond acceptors (Lipinski definition) is 7. The van der Waals surface area contributed by atoms with E-state index in [9.17, 15) is 14.0 Å². The van der Waals surface area contributed by atoms with Gasteiger partial charge in [-0.3, -0.25) is 14.8 Å². The van der Waals surface area contributed by atoms with E-state index in [-0.39, 0.29) is 23.5 Å². The van der Waals surface area contributed by atoms with Crippen molar-refractivity contribution in [2.24, 2.45) is 5.92 Å². The largest absolute Gasteiger partial charge is 0.478 e. The molecule has 1 aliphatic carbocycles. The highest BCUT2D eigenvalue weighted by molar-refractivity contribution is 7.22. The van der Waals surface area contributed by atoms with Gasteiger partial charge < -0.3 is 15.2 Å². The van der Waals surface area contributed by atoms with Gasteiger partial charge in [0.2, 0.25) is 0 Å². The van der Waals surface area contributed by atoms with Crippen molar-refractivity contribution in [3.63, 3.8) is 0 Å². The minimum atomic E-state index is -1.04. The Labute approximate surface area is 223 Å². The molecule has 1 saturated carbocycles.